The number of sulfonamides is 1. The quantitative estimate of drug-likeness (QED) is 0.769. The van der Waals surface area contributed by atoms with Crippen molar-refractivity contribution in [1.29, 1.82) is 0 Å². The molecule has 5 nitrogen and oxygen atoms in total. The van der Waals surface area contributed by atoms with Crippen molar-refractivity contribution in [2.75, 3.05) is 11.4 Å². The Morgan fingerprint density at radius 2 is 1.85 bits per heavy atom. The highest BCUT2D eigenvalue weighted by Gasteiger charge is 2.22. The normalized spacial score (nSPS) is 12.5. The van der Waals surface area contributed by atoms with Gasteiger partial charge in [-0.2, -0.15) is 0 Å². The lowest BCUT2D eigenvalue weighted by Crippen LogP contribution is -2.32. The number of nitrogens with one attached hydrogen (secondary N) is 1. The second kappa shape index (κ2) is 8.56. The topological polar surface area (TPSA) is 66.5 Å². The van der Waals surface area contributed by atoms with E-state index in [1.165, 1.54) is 25.2 Å². The van der Waals surface area contributed by atoms with Crippen LogP contribution in [-0.2, 0) is 10.0 Å². The zero-order valence-electron chi connectivity index (χ0n) is 15.1. The fourth-order valence-corrected chi connectivity index (χ4v) is 4.05. The van der Waals surface area contributed by atoms with E-state index in [-0.39, 0.29) is 21.9 Å². The average Bonchev–Trinajstić information content (AvgIpc) is 2.61. The molecular formula is C19H23ClN2O3S. The second-order valence-electron chi connectivity index (χ2n) is 6.11. The summed E-state index contributed by atoms with van der Waals surface area (Å²) in [7, 11) is -2.24. The number of rotatable bonds is 7. The van der Waals surface area contributed by atoms with Crippen LogP contribution in [-0.4, -0.2) is 27.4 Å². The molecule has 0 aliphatic heterocycles. The molecule has 2 aromatic carbocycles. The van der Waals surface area contributed by atoms with Gasteiger partial charge in [-0.3, -0.25) is 9.10 Å². The zero-order valence-corrected chi connectivity index (χ0v) is 16.6. The highest BCUT2D eigenvalue weighted by Crippen LogP contribution is 2.27. The summed E-state index contributed by atoms with van der Waals surface area (Å²) in [5.41, 5.74) is 0.709. The van der Waals surface area contributed by atoms with E-state index in [0.29, 0.717) is 11.3 Å². The summed E-state index contributed by atoms with van der Waals surface area (Å²) in [6.45, 7) is 3.98. The lowest BCUT2D eigenvalue weighted by Gasteiger charge is -2.20. The maximum absolute atomic E-state index is 12.7. The van der Waals surface area contributed by atoms with Crippen LogP contribution in [0, 0.1) is 0 Å². The Labute approximate surface area is 160 Å². The summed E-state index contributed by atoms with van der Waals surface area (Å²) in [5, 5.41) is 3.09. The standard InChI is InChI=1S/C19H23ClN2O3S/c1-4-8-14(2)21-19(23)17-12-11-15(13-18(17)20)22(3)26(24,25)16-9-6-5-7-10-16/h5-7,9-14H,4,8H2,1-3H3,(H,21,23). The maximum Gasteiger partial charge on any atom is 0.264 e. The molecule has 0 saturated carbocycles. The third-order valence-electron chi connectivity index (χ3n) is 4.06. The minimum atomic E-state index is -3.69. The lowest BCUT2D eigenvalue weighted by molar-refractivity contribution is 0.0938. The summed E-state index contributed by atoms with van der Waals surface area (Å²) in [6, 6.07) is 12.8. The maximum atomic E-state index is 12.7. The molecule has 26 heavy (non-hydrogen) atoms. The largest absolute Gasteiger partial charge is 0.350 e. The van der Waals surface area contributed by atoms with Crippen LogP contribution in [0.1, 0.15) is 37.0 Å². The number of anilines is 1. The van der Waals surface area contributed by atoms with Crippen LogP contribution in [0.2, 0.25) is 5.02 Å². The van der Waals surface area contributed by atoms with E-state index in [1.54, 1.807) is 30.3 Å². The minimum Gasteiger partial charge on any atom is -0.350 e. The van der Waals surface area contributed by atoms with Gasteiger partial charge >= 0.3 is 0 Å². The molecule has 1 unspecified atom stereocenters. The van der Waals surface area contributed by atoms with Crippen LogP contribution >= 0.6 is 11.6 Å². The molecule has 0 heterocycles. The summed E-state index contributed by atoms with van der Waals surface area (Å²) in [4.78, 5) is 12.5. The summed E-state index contributed by atoms with van der Waals surface area (Å²) >= 11 is 6.24. The third kappa shape index (κ3) is 4.56. The molecule has 0 aromatic heterocycles. The highest BCUT2D eigenvalue weighted by atomic mass is 35.5. The summed E-state index contributed by atoms with van der Waals surface area (Å²) < 4.78 is 26.5. The molecule has 1 N–H and O–H groups in total. The van der Waals surface area contributed by atoms with E-state index in [9.17, 15) is 13.2 Å². The van der Waals surface area contributed by atoms with Gasteiger partial charge < -0.3 is 5.32 Å². The number of hydrogen-bond acceptors (Lipinski definition) is 3. The molecular weight excluding hydrogens is 372 g/mol. The molecule has 7 heteroatoms. The first-order chi connectivity index (χ1) is 12.3. The zero-order chi connectivity index (χ0) is 19.3. The van der Waals surface area contributed by atoms with E-state index in [2.05, 4.69) is 5.32 Å². The molecule has 2 rings (SSSR count). The number of nitrogens with zero attached hydrogens (tertiary/aromatic N) is 1. The molecule has 0 saturated heterocycles. The number of carbonyl (C=O) groups excluding carboxylic acids is 1. The van der Waals surface area contributed by atoms with Gasteiger partial charge in [-0.15, -0.1) is 0 Å². The van der Waals surface area contributed by atoms with E-state index in [1.807, 2.05) is 13.8 Å². The molecule has 0 aliphatic rings. The van der Waals surface area contributed by atoms with Gasteiger partial charge in [0, 0.05) is 13.1 Å². The van der Waals surface area contributed by atoms with Crippen LogP contribution in [0.3, 0.4) is 0 Å². The first kappa shape index (κ1) is 20.3. The van der Waals surface area contributed by atoms with Gasteiger partial charge in [-0.1, -0.05) is 43.1 Å². The van der Waals surface area contributed by atoms with E-state index in [4.69, 9.17) is 11.6 Å². The molecule has 1 atom stereocenters. The van der Waals surface area contributed by atoms with Gasteiger partial charge in [0.05, 0.1) is 21.2 Å². The fraction of sp³-hybridized carbons (Fsp3) is 0.316. The van der Waals surface area contributed by atoms with Gasteiger partial charge in [-0.25, -0.2) is 8.42 Å². The van der Waals surface area contributed by atoms with E-state index in [0.717, 1.165) is 17.1 Å². The van der Waals surface area contributed by atoms with Crippen molar-refractivity contribution in [3.63, 3.8) is 0 Å². The van der Waals surface area contributed by atoms with Crippen molar-refractivity contribution in [1.82, 2.24) is 5.32 Å². The van der Waals surface area contributed by atoms with Gasteiger partial charge in [0.15, 0.2) is 0 Å². The predicted molar refractivity (Wildman–Crippen MR) is 105 cm³/mol. The molecule has 0 bridgehead atoms. The Hall–Kier alpha value is -2.05. The molecule has 1 amide bonds. The predicted octanol–water partition coefficient (Wildman–Crippen LogP) is 4.08. The number of benzene rings is 2. The van der Waals surface area contributed by atoms with Crippen molar-refractivity contribution < 1.29 is 13.2 Å². The summed E-state index contributed by atoms with van der Waals surface area (Å²) in [6.07, 6.45) is 1.84. The van der Waals surface area contributed by atoms with Crippen LogP contribution in [0.4, 0.5) is 5.69 Å². The molecule has 140 valence electrons. The average molecular weight is 395 g/mol. The van der Waals surface area contributed by atoms with Crippen molar-refractivity contribution in [3.05, 3.63) is 59.1 Å². The Kier molecular flexibility index (Phi) is 6.67. The Balaban J connectivity index is 2.25. The van der Waals surface area contributed by atoms with Gasteiger partial charge in [0.1, 0.15) is 0 Å². The first-order valence-electron chi connectivity index (χ1n) is 8.41. The van der Waals surface area contributed by atoms with Crippen molar-refractivity contribution >= 4 is 33.2 Å². The van der Waals surface area contributed by atoms with Crippen molar-refractivity contribution in [2.24, 2.45) is 0 Å². The molecule has 0 spiro atoms. The van der Waals surface area contributed by atoms with Gasteiger partial charge in [0.25, 0.3) is 15.9 Å². The first-order valence-corrected chi connectivity index (χ1v) is 10.2. The second-order valence-corrected chi connectivity index (χ2v) is 8.49. The van der Waals surface area contributed by atoms with Crippen LogP contribution in [0.15, 0.2) is 53.4 Å². The number of carbonyl (C=O) groups is 1. The number of halogens is 1. The Bertz CT molecular complexity index is 870. The van der Waals surface area contributed by atoms with E-state index < -0.39 is 10.0 Å². The van der Waals surface area contributed by atoms with Crippen LogP contribution in [0.5, 0.6) is 0 Å². The number of hydrogen-bond donors (Lipinski definition) is 1. The van der Waals surface area contributed by atoms with E-state index >= 15 is 0 Å². The molecule has 0 fully saturated rings. The fourth-order valence-electron chi connectivity index (χ4n) is 2.58. The smallest absolute Gasteiger partial charge is 0.264 e. The monoisotopic (exact) mass is 394 g/mol. The molecule has 0 radical (unpaired) electrons. The molecule has 0 aliphatic carbocycles. The van der Waals surface area contributed by atoms with Gasteiger partial charge in [-0.05, 0) is 43.7 Å². The minimum absolute atomic E-state index is 0.0457. The van der Waals surface area contributed by atoms with Crippen molar-refractivity contribution in [2.45, 2.75) is 37.6 Å². The number of amides is 1. The van der Waals surface area contributed by atoms with Gasteiger partial charge in [0.2, 0.25) is 0 Å². The van der Waals surface area contributed by atoms with Crippen LogP contribution in [0.25, 0.3) is 0 Å². The molecule has 2 aromatic rings. The third-order valence-corrected chi connectivity index (χ3v) is 6.17. The highest BCUT2D eigenvalue weighted by molar-refractivity contribution is 7.92. The Morgan fingerprint density at radius 3 is 2.42 bits per heavy atom. The summed E-state index contributed by atoms with van der Waals surface area (Å²) in [5.74, 6) is -0.268. The SMILES string of the molecule is CCCC(C)NC(=O)c1ccc(N(C)S(=O)(=O)c2ccccc2)cc1Cl. The lowest BCUT2D eigenvalue weighted by atomic mass is 10.1. The van der Waals surface area contributed by atoms with Crippen molar-refractivity contribution in [3.8, 4) is 0 Å². The Morgan fingerprint density at radius 1 is 1.19 bits per heavy atom. The van der Waals surface area contributed by atoms with Crippen LogP contribution < -0.4 is 9.62 Å².